The molecule has 1 amide bonds. The Balaban J connectivity index is 2.30. The van der Waals surface area contributed by atoms with Crippen molar-refractivity contribution >= 4 is 5.91 Å². The van der Waals surface area contributed by atoms with Gasteiger partial charge in [0, 0.05) is 19.2 Å². The van der Waals surface area contributed by atoms with E-state index in [0.717, 1.165) is 6.07 Å². The van der Waals surface area contributed by atoms with Crippen LogP contribution in [0.15, 0.2) is 12.1 Å². The number of phenols is 1. The molecule has 1 aliphatic rings. The first-order valence-corrected chi connectivity index (χ1v) is 5.45. The summed E-state index contributed by atoms with van der Waals surface area (Å²) in [6.07, 6.45) is 0. The zero-order valence-electron chi connectivity index (χ0n) is 9.57. The summed E-state index contributed by atoms with van der Waals surface area (Å²) in [7, 11) is 0. The van der Waals surface area contributed by atoms with E-state index in [2.05, 4.69) is 0 Å². The summed E-state index contributed by atoms with van der Waals surface area (Å²) in [5.74, 6) is -1.19. The lowest BCUT2D eigenvalue weighted by molar-refractivity contribution is 0.0299. The number of amides is 1. The molecule has 4 nitrogen and oxygen atoms in total. The molecule has 0 saturated carbocycles. The maximum absolute atomic E-state index is 13.7. The minimum Gasteiger partial charge on any atom is -0.508 e. The summed E-state index contributed by atoms with van der Waals surface area (Å²) in [6, 6.07) is 2.34. The Labute approximate surface area is 98.6 Å². The molecule has 0 unspecified atom stereocenters. The van der Waals surface area contributed by atoms with Crippen molar-refractivity contribution in [3.8, 4) is 5.75 Å². The van der Waals surface area contributed by atoms with Gasteiger partial charge in [-0.2, -0.15) is 0 Å². The number of carbonyl (C=O) groups excluding carboxylic acids is 1. The number of hydrogen-bond acceptors (Lipinski definition) is 3. The minimum absolute atomic E-state index is 0.0321. The maximum atomic E-state index is 13.7. The highest BCUT2D eigenvalue weighted by molar-refractivity contribution is 5.96. The van der Waals surface area contributed by atoms with E-state index in [9.17, 15) is 14.3 Å². The van der Waals surface area contributed by atoms with Crippen molar-refractivity contribution in [3.63, 3.8) is 0 Å². The van der Waals surface area contributed by atoms with E-state index in [4.69, 9.17) is 4.74 Å². The average Bonchev–Trinajstić information content (AvgIpc) is 2.28. The van der Waals surface area contributed by atoms with Gasteiger partial charge in [-0.05, 0) is 18.6 Å². The van der Waals surface area contributed by atoms with Crippen molar-refractivity contribution in [2.75, 3.05) is 26.3 Å². The van der Waals surface area contributed by atoms with Crippen LogP contribution in [0.4, 0.5) is 4.39 Å². The molecule has 0 aliphatic carbocycles. The van der Waals surface area contributed by atoms with Gasteiger partial charge in [0.1, 0.15) is 11.6 Å². The number of aromatic hydroxyl groups is 1. The fraction of sp³-hybridized carbons (Fsp3) is 0.417. The third-order valence-electron chi connectivity index (χ3n) is 2.78. The van der Waals surface area contributed by atoms with Gasteiger partial charge in [0.05, 0.1) is 18.8 Å². The van der Waals surface area contributed by atoms with Crippen molar-refractivity contribution in [2.45, 2.75) is 6.92 Å². The van der Waals surface area contributed by atoms with E-state index in [-0.39, 0.29) is 17.2 Å². The van der Waals surface area contributed by atoms with E-state index in [1.54, 1.807) is 11.8 Å². The number of carbonyl (C=O) groups is 1. The van der Waals surface area contributed by atoms with Crippen LogP contribution in [-0.4, -0.2) is 42.2 Å². The number of benzene rings is 1. The highest BCUT2D eigenvalue weighted by atomic mass is 19.1. The molecular formula is C12H14FNO3. The number of nitrogens with zero attached hydrogens (tertiary/aromatic N) is 1. The molecule has 1 aromatic carbocycles. The van der Waals surface area contributed by atoms with Crippen LogP contribution in [0, 0.1) is 12.7 Å². The number of phenolic OH excluding ortho intramolecular Hbond substituents is 1. The van der Waals surface area contributed by atoms with Crippen LogP contribution in [-0.2, 0) is 4.74 Å². The standard InChI is InChI=1S/C12H14FNO3/c1-8-6-9(15)7-10(13)11(8)12(16)14-2-4-17-5-3-14/h6-7,15H,2-5H2,1H3. The Bertz CT molecular complexity index is 418. The van der Waals surface area contributed by atoms with Crippen LogP contribution >= 0.6 is 0 Å². The van der Waals surface area contributed by atoms with Crippen LogP contribution in [0.25, 0.3) is 0 Å². The first kappa shape index (κ1) is 11.9. The zero-order chi connectivity index (χ0) is 12.4. The van der Waals surface area contributed by atoms with Gasteiger partial charge in [-0.25, -0.2) is 4.39 Å². The molecule has 0 radical (unpaired) electrons. The molecule has 5 heteroatoms. The van der Waals surface area contributed by atoms with Gasteiger partial charge in [-0.15, -0.1) is 0 Å². The number of hydrogen-bond donors (Lipinski definition) is 1. The van der Waals surface area contributed by atoms with Crippen molar-refractivity contribution in [2.24, 2.45) is 0 Å². The fourth-order valence-corrected chi connectivity index (χ4v) is 1.92. The zero-order valence-corrected chi connectivity index (χ0v) is 9.57. The summed E-state index contributed by atoms with van der Waals surface area (Å²) in [5.41, 5.74) is 0.476. The van der Waals surface area contributed by atoms with Crippen LogP contribution in [0.1, 0.15) is 15.9 Å². The van der Waals surface area contributed by atoms with Gasteiger partial charge >= 0.3 is 0 Å². The third kappa shape index (κ3) is 2.39. The molecular weight excluding hydrogens is 225 g/mol. The predicted molar refractivity (Wildman–Crippen MR) is 59.5 cm³/mol. The topological polar surface area (TPSA) is 49.8 Å². The van der Waals surface area contributed by atoms with Gasteiger partial charge in [-0.3, -0.25) is 4.79 Å². The molecule has 1 fully saturated rings. The van der Waals surface area contributed by atoms with Crippen LogP contribution in [0.3, 0.4) is 0 Å². The number of halogens is 1. The van der Waals surface area contributed by atoms with Gasteiger partial charge in [-0.1, -0.05) is 0 Å². The molecule has 92 valence electrons. The first-order chi connectivity index (χ1) is 8.09. The van der Waals surface area contributed by atoms with Crippen LogP contribution in [0.2, 0.25) is 0 Å². The molecule has 0 atom stereocenters. The lowest BCUT2D eigenvalue weighted by Gasteiger charge is -2.27. The SMILES string of the molecule is Cc1cc(O)cc(F)c1C(=O)N1CCOCC1. The molecule has 1 N–H and O–H groups in total. The van der Waals surface area contributed by atoms with Gasteiger partial charge in [0.2, 0.25) is 0 Å². The second-order valence-electron chi connectivity index (χ2n) is 4.02. The van der Waals surface area contributed by atoms with Crippen LogP contribution < -0.4 is 0 Å². The Morgan fingerprint density at radius 3 is 2.65 bits per heavy atom. The molecule has 1 aliphatic heterocycles. The molecule has 0 spiro atoms. The van der Waals surface area contributed by atoms with E-state index < -0.39 is 5.82 Å². The van der Waals surface area contributed by atoms with Crippen molar-refractivity contribution in [3.05, 3.63) is 29.1 Å². The summed E-state index contributed by atoms with van der Waals surface area (Å²) in [5, 5.41) is 9.23. The fourth-order valence-electron chi connectivity index (χ4n) is 1.92. The lowest BCUT2D eigenvalue weighted by Crippen LogP contribution is -2.41. The molecule has 0 bridgehead atoms. The second kappa shape index (κ2) is 4.71. The summed E-state index contributed by atoms with van der Waals surface area (Å²) < 4.78 is 18.8. The second-order valence-corrected chi connectivity index (χ2v) is 4.02. The number of rotatable bonds is 1. The Morgan fingerprint density at radius 1 is 1.41 bits per heavy atom. The first-order valence-electron chi connectivity index (χ1n) is 5.45. The summed E-state index contributed by atoms with van der Waals surface area (Å²) >= 11 is 0. The van der Waals surface area contributed by atoms with E-state index in [1.165, 1.54) is 6.07 Å². The van der Waals surface area contributed by atoms with Crippen molar-refractivity contribution in [1.29, 1.82) is 0 Å². The molecule has 1 aromatic rings. The Morgan fingerprint density at radius 2 is 2.06 bits per heavy atom. The predicted octanol–water partition coefficient (Wildman–Crippen LogP) is 1.31. The van der Waals surface area contributed by atoms with Crippen molar-refractivity contribution < 1.29 is 19.0 Å². The number of aryl methyl sites for hydroxylation is 1. The normalized spacial score (nSPS) is 16.0. The third-order valence-corrected chi connectivity index (χ3v) is 2.78. The Hall–Kier alpha value is -1.62. The van der Waals surface area contributed by atoms with E-state index in [1.807, 2.05) is 0 Å². The quantitative estimate of drug-likeness (QED) is 0.804. The summed E-state index contributed by atoms with van der Waals surface area (Å²) in [4.78, 5) is 13.7. The molecule has 2 rings (SSSR count). The van der Waals surface area contributed by atoms with E-state index >= 15 is 0 Å². The Kier molecular flexibility index (Phi) is 3.28. The summed E-state index contributed by atoms with van der Waals surface area (Å²) in [6.45, 7) is 3.50. The average molecular weight is 239 g/mol. The molecule has 17 heavy (non-hydrogen) atoms. The maximum Gasteiger partial charge on any atom is 0.257 e. The minimum atomic E-state index is -0.681. The van der Waals surface area contributed by atoms with Crippen molar-refractivity contribution in [1.82, 2.24) is 4.90 Å². The molecule has 1 heterocycles. The lowest BCUT2D eigenvalue weighted by atomic mass is 10.1. The molecule has 1 saturated heterocycles. The monoisotopic (exact) mass is 239 g/mol. The van der Waals surface area contributed by atoms with E-state index in [0.29, 0.717) is 31.9 Å². The van der Waals surface area contributed by atoms with Gasteiger partial charge < -0.3 is 14.7 Å². The highest BCUT2D eigenvalue weighted by Gasteiger charge is 2.23. The molecule has 0 aromatic heterocycles. The van der Waals surface area contributed by atoms with Crippen LogP contribution in [0.5, 0.6) is 5.75 Å². The number of morpholine rings is 1. The number of ether oxygens (including phenoxy) is 1. The van der Waals surface area contributed by atoms with Gasteiger partial charge in [0.15, 0.2) is 0 Å². The largest absolute Gasteiger partial charge is 0.508 e. The van der Waals surface area contributed by atoms with Gasteiger partial charge in [0.25, 0.3) is 5.91 Å². The smallest absolute Gasteiger partial charge is 0.257 e. The highest BCUT2D eigenvalue weighted by Crippen LogP contribution is 2.21.